The smallest absolute Gasteiger partial charge is 0.147 e. The third kappa shape index (κ3) is 1.86. The second-order valence-corrected chi connectivity index (χ2v) is 4.91. The summed E-state index contributed by atoms with van der Waals surface area (Å²) in [5, 5.41) is 0. The molecular weight excluding hydrogens is 224 g/mol. The number of hydrogen-bond donors (Lipinski definition) is 0. The van der Waals surface area contributed by atoms with Gasteiger partial charge < -0.3 is 0 Å². The van der Waals surface area contributed by atoms with E-state index < -0.39 is 11.3 Å². The number of carbonyl (C=O) groups excluding carboxylic acids is 2. The van der Waals surface area contributed by atoms with Crippen LogP contribution in [0.15, 0.2) is 30.3 Å². The molecule has 0 saturated heterocycles. The fourth-order valence-electron chi connectivity index (χ4n) is 2.65. The molecule has 0 aromatic heterocycles. The number of rotatable bonds is 2. The van der Waals surface area contributed by atoms with Crippen molar-refractivity contribution in [1.29, 1.82) is 0 Å². The van der Waals surface area contributed by atoms with Crippen LogP contribution in [-0.4, -0.2) is 11.6 Å². The Hall–Kier alpha value is -1.88. The predicted molar refractivity (Wildman–Crippen MR) is 70.0 cm³/mol. The van der Waals surface area contributed by atoms with Crippen LogP contribution >= 0.6 is 0 Å². The lowest BCUT2D eigenvalue weighted by Crippen LogP contribution is -2.44. The molecule has 0 N–H and O–H groups in total. The largest absolute Gasteiger partial charge is 0.299 e. The number of benzene rings is 1. The highest BCUT2D eigenvalue weighted by atomic mass is 16.2. The molecule has 0 unspecified atom stereocenters. The second kappa shape index (κ2) is 4.78. The molecule has 1 aliphatic rings. The Kier molecular flexibility index (Phi) is 3.34. The summed E-state index contributed by atoms with van der Waals surface area (Å²) in [6, 6.07) is 9.40. The van der Waals surface area contributed by atoms with Crippen molar-refractivity contribution >= 4 is 11.6 Å². The van der Waals surface area contributed by atoms with Crippen molar-refractivity contribution in [2.45, 2.75) is 32.1 Å². The standard InChI is InChI=1S/C16H16O2/c1-3-13(12-8-5-4-6-9-12)16(2)14(17)10-7-11-15(16)18/h1,4-6,8-9,13H,7,10-11H2,2H3/t13-/m0/s1. The normalized spacial score (nSPS) is 20.2. The van der Waals surface area contributed by atoms with Gasteiger partial charge in [0.25, 0.3) is 0 Å². The Morgan fingerprint density at radius 1 is 1.17 bits per heavy atom. The van der Waals surface area contributed by atoms with Crippen molar-refractivity contribution in [3.05, 3.63) is 35.9 Å². The molecule has 2 rings (SSSR count). The van der Waals surface area contributed by atoms with Crippen LogP contribution in [0, 0.1) is 17.8 Å². The summed E-state index contributed by atoms with van der Waals surface area (Å²) in [5.74, 6) is 2.14. The summed E-state index contributed by atoms with van der Waals surface area (Å²) in [6.45, 7) is 1.70. The topological polar surface area (TPSA) is 34.1 Å². The molecule has 0 amide bonds. The molecule has 0 radical (unpaired) electrons. The lowest BCUT2D eigenvalue weighted by Gasteiger charge is -2.35. The fraction of sp³-hybridized carbons (Fsp3) is 0.375. The van der Waals surface area contributed by atoms with Crippen LogP contribution in [0.2, 0.25) is 0 Å². The van der Waals surface area contributed by atoms with Crippen LogP contribution in [0.4, 0.5) is 0 Å². The van der Waals surface area contributed by atoms with Gasteiger partial charge in [0.1, 0.15) is 17.0 Å². The third-order valence-electron chi connectivity index (χ3n) is 3.84. The highest BCUT2D eigenvalue weighted by Crippen LogP contribution is 2.42. The van der Waals surface area contributed by atoms with Crippen LogP contribution in [0.1, 0.15) is 37.7 Å². The van der Waals surface area contributed by atoms with E-state index in [2.05, 4.69) is 5.92 Å². The minimum atomic E-state index is -1.05. The average Bonchev–Trinajstić information content (AvgIpc) is 2.38. The molecule has 0 bridgehead atoms. The molecule has 18 heavy (non-hydrogen) atoms. The zero-order chi connectivity index (χ0) is 13.2. The third-order valence-corrected chi connectivity index (χ3v) is 3.84. The minimum Gasteiger partial charge on any atom is -0.299 e. The molecular formula is C16H16O2. The first-order chi connectivity index (χ1) is 8.60. The number of terminal acetylenes is 1. The van der Waals surface area contributed by atoms with Gasteiger partial charge in [0.15, 0.2) is 0 Å². The average molecular weight is 240 g/mol. The summed E-state index contributed by atoms with van der Waals surface area (Å²) in [5.41, 5.74) is -0.181. The molecule has 0 spiro atoms. The quantitative estimate of drug-likeness (QED) is 0.588. The van der Waals surface area contributed by atoms with E-state index in [9.17, 15) is 9.59 Å². The first kappa shape index (κ1) is 12.6. The Morgan fingerprint density at radius 2 is 1.72 bits per heavy atom. The molecule has 0 aliphatic heterocycles. The van der Waals surface area contributed by atoms with E-state index in [0.717, 1.165) is 5.56 Å². The van der Waals surface area contributed by atoms with E-state index >= 15 is 0 Å². The highest BCUT2D eigenvalue weighted by molar-refractivity contribution is 6.09. The van der Waals surface area contributed by atoms with Crippen LogP contribution in [0.5, 0.6) is 0 Å². The molecule has 1 fully saturated rings. The van der Waals surface area contributed by atoms with Gasteiger partial charge in [-0.05, 0) is 18.9 Å². The first-order valence-electron chi connectivity index (χ1n) is 6.18. The number of ketones is 2. The van der Waals surface area contributed by atoms with Gasteiger partial charge in [-0.2, -0.15) is 0 Å². The number of Topliss-reactive ketones (excluding diaryl/α,β-unsaturated/α-hetero) is 2. The van der Waals surface area contributed by atoms with Gasteiger partial charge in [0.05, 0.1) is 5.92 Å². The first-order valence-corrected chi connectivity index (χ1v) is 6.18. The van der Waals surface area contributed by atoms with Gasteiger partial charge in [-0.1, -0.05) is 36.3 Å². The second-order valence-electron chi connectivity index (χ2n) is 4.91. The van der Waals surface area contributed by atoms with E-state index in [1.807, 2.05) is 30.3 Å². The highest BCUT2D eigenvalue weighted by Gasteiger charge is 2.48. The fourth-order valence-corrected chi connectivity index (χ4v) is 2.65. The van der Waals surface area contributed by atoms with E-state index in [1.165, 1.54) is 0 Å². The predicted octanol–water partition coefficient (Wildman–Crippen LogP) is 2.73. The maximum atomic E-state index is 12.2. The zero-order valence-corrected chi connectivity index (χ0v) is 10.5. The van der Waals surface area contributed by atoms with E-state index in [4.69, 9.17) is 6.42 Å². The Bertz CT molecular complexity index is 492. The van der Waals surface area contributed by atoms with Crippen molar-refractivity contribution < 1.29 is 9.59 Å². The summed E-state index contributed by atoms with van der Waals surface area (Å²) < 4.78 is 0. The van der Waals surface area contributed by atoms with E-state index in [1.54, 1.807) is 6.92 Å². The van der Waals surface area contributed by atoms with Gasteiger partial charge in [-0.25, -0.2) is 0 Å². The van der Waals surface area contributed by atoms with Gasteiger partial charge in [-0.3, -0.25) is 9.59 Å². The zero-order valence-electron chi connectivity index (χ0n) is 10.5. The molecule has 92 valence electrons. The minimum absolute atomic E-state index is 0.0226. The van der Waals surface area contributed by atoms with Crippen molar-refractivity contribution in [3.8, 4) is 12.3 Å². The van der Waals surface area contributed by atoms with Crippen LogP contribution in [-0.2, 0) is 9.59 Å². The summed E-state index contributed by atoms with van der Waals surface area (Å²) in [4.78, 5) is 24.4. The molecule has 2 nitrogen and oxygen atoms in total. The summed E-state index contributed by atoms with van der Waals surface area (Å²) in [6.07, 6.45) is 7.15. The van der Waals surface area contributed by atoms with Gasteiger partial charge in [-0.15, -0.1) is 6.42 Å². The maximum Gasteiger partial charge on any atom is 0.147 e. The summed E-state index contributed by atoms with van der Waals surface area (Å²) >= 11 is 0. The van der Waals surface area contributed by atoms with Crippen molar-refractivity contribution in [1.82, 2.24) is 0 Å². The van der Waals surface area contributed by atoms with Gasteiger partial charge in [0.2, 0.25) is 0 Å². The van der Waals surface area contributed by atoms with E-state index in [-0.39, 0.29) is 11.6 Å². The SMILES string of the molecule is C#C[C@@H](c1ccccc1)C1(C)C(=O)CCCC1=O. The van der Waals surface area contributed by atoms with Crippen molar-refractivity contribution in [3.63, 3.8) is 0 Å². The Labute approximate surface area is 107 Å². The monoisotopic (exact) mass is 240 g/mol. The van der Waals surface area contributed by atoms with Crippen LogP contribution in [0.3, 0.4) is 0 Å². The Morgan fingerprint density at radius 3 is 2.22 bits per heavy atom. The lowest BCUT2D eigenvalue weighted by molar-refractivity contribution is -0.143. The van der Waals surface area contributed by atoms with Crippen molar-refractivity contribution in [2.75, 3.05) is 0 Å². The lowest BCUT2D eigenvalue weighted by atomic mass is 9.64. The molecule has 1 atom stereocenters. The molecule has 1 aromatic rings. The maximum absolute atomic E-state index is 12.2. The molecule has 1 aromatic carbocycles. The van der Waals surface area contributed by atoms with Crippen molar-refractivity contribution in [2.24, 2.45) is 5.41 Å². The molecule has 0 heterocycles. The molecule has 2 heteroatoms. The van der Waals surface area contributed by atoms with Crippen LogP contribution in [0.25, 0.3) is 0 Å². The van der Waals surface area contributed by atoms with Gasteiger partial charge >= 0.3 is 0 Å². The molecule has 1 saturated carbocycles. The number of carbonyl (C=O) groups is 2. The van der Waals surface area contributed by atoms with Gasteiger partial charge in [0, 0.05) is 12.8 Å². The van der Waals surface area contributed by atoms with Crippen LogP contribution < -0.4 is 0 Å². The molecule has 1 aliphatic carbocycles. The number of hydrogen-bond acceptors (Lipinski definition) is 2. The Balaban J connectivity index is 2.47. The summed E-state index contributed by atoms with van der Waals surface area (Å²) in [7, 11) is 0. The van der Waals surface area contributed by atoms with E-state index in [0.29, 0.717) is 19.3 Å².